The first-order valence-electron chi connectivity index (χ1n) is 10.7. The van der Waals surface area contributed by atoms with Gasteiger partial charge in [-0.2, -0.15) is 0 Å². The summed E-state index contributed by atoms with van der Waals surface area (Å²) in [5, 5.41) is 8.93. The minimum absolute atomic E-state index is 0.0868. The number of aromatic hydroxyl groups is 1. The molecule has 0 atom stereocenters. The van der Waals surface area contributed by atoms with Crippen LogP contribution in [-0.2, 0) is 16.2 Å². The van der Waals surface area contributed by atoms with Crippen molar-refractivity contribution in [2.24, 2.45) is 0 Å². The fourth-order valence-electron chi connectivity index (χ4n) is 2.92. The molecule has 1 heterocycles. The maximum atomic E-state index is 11.0. The average Bonchev–Trinajstić information content (AvgIpc) is 3.19. The van der Waals surface area contributed by atoms with Gasteiger partial charge in [-0.25, -0.2) is 4.98 Å². The van der Waals surface area contributed by atoms with Gasteiger partial charge in [0.25, 0.3) is 0 Å². The van der Waals surface area contributed by atoms with E-state index in [9.17, 15) is 9.59 Å². The molecule has 8 nitrogen and oxygen atoms in total. The lowest BCUT2D eigenvalue weighted by molar-refractivity contribution is -0.132. The second-order valence-electron chi connectivity index (χ2n) is 7.34. The van der Waals surface area contributed by atoms with E-state index in [1.165, 1.54) is 26.0 Å². The van der Waals surface area contributed by atoms with Crippen molar-refractivity contribution in [2.45, 2.75) is 27.4 Å². The largest absolute Gasteiger partial charge is 0.508 e. The number of hydrogen-bond acceptors (Lipinski definition) is 8. The fourth-order valence-corrected chi connectivity index (χ4v) is 2.92. The molecular formula is C27H25NO7. The van der Waals surface area contributed by atoms with Gasteiger partial charge in [0.1, 0.15) is 41.1 Å². The van der Waals surface area contributed by atoms with Crippen LogP contribution in [0, 0.1) is 6.92 Å². The van der Waals surface area contributed by atoms with Gasteiger partial charge in [0.05, 0.1) is 0 Å². The normalized spacial score (nSPS) is 10.0. The molecule has 8 heteroatoms. The first-order valence-corrected chi connectivity index (χ1v) is 10.7. The van der Waals surface area contributed by atoms with Gasteiger partial charge in [-0.3, -0.25) is 9.59 Å². The number of esters is 2. The van der Waals surface area contributed by atoms with Crippen LogP contribution in [0.25, 0.3) is 11.5 Å². The zero-order chi connectivity index (χ0) is 25.2. The number of aryl methyl sites for hydroxylation is 1. The molecule has 0 fully saturated rings. The van der Waals surface area contributed by atoms with E-state index in [1.54, 1.807) is 36.4 Å². The summed E-state index contributed by atoms with van der Waals surface area (Å²) >= 11 is 0. The minimum atomic E-state index is -0.393. The number of oxazole rings is 1. The molecule has 0 aliphatic rings. The van der Waals surface area contributed by atoms with E-state index in [1.807, 2.05) is 37.3 Å². The van der Waals surface area contributed by atoms with Crippen molar-refractivity contribution in [3.63, 3.8) is 0 Å². The summed E-state index contributed by atoms with van der Waals surface area (Å²) in [5.74, 6) is 2.01. The summed E-state index contributed by atoms with van der Waals surface area (Å²) in [5.41, 5.74) is 1.65. The maximum absolute atomic E-state index is 11.0. The Hall–Kier alpha value is -4.59. The predicted molar refractivity (Wildman–Crippen MR) is 128 cm³/mol. The summed E-state index contributed by atoms with van der Waals surface area (Å²) in [6, 6.07) is 22.7. The van der Waals surface area contributed by atoms with Crippen molar-refractivity contribution in [3.05, 3.63) is 90.3 Å². The second-order valence-corrected chi connectivity index (χ2v) is 7.34. The molecule has 0 saturated carbocycles. The number of aromatic nitrogens is 1. The smallest absolute Gasteiger partial charge is 0.308 e. The summed E-state index contributed by atoms with van der Waals surface area (Å²) in [6.07, 6.45) is 0. The topological polar surface area (TPSA) is 108 Å². The van der Waals surface area contributed by atoms with Gasteiger partial charge >= 0.3 is 11.9 Å². The molecule has 0 spiro atoms. The lowest BCUT2D eigenvalue weighted by Gasteiger charge is -2.06. The molecule has 180 valence electrons. The average molecular weight is 475 g/mol. The number of benzene rings is 3. The number of rotatable bonds is 6. The predicted octanol–water partition coefficient (Wildman–Crippen LogP) is 5.47. The molecule has 0 aliphatic heterocycles. The van der Waals surface area contributed by atoms with Gasteiger partial charge in [-0.05, 0) is 43.3 Å². The highest BCUT2D eigenvalue weighted by atomic mass is 16.5. The van der Waals surface area contributed by atoms with Crippen LogP contribution in [0.1, 0.15) is 25.3 Å². The highest BCUT2D eigenvalue weighted by Crippen LogP contribution is 2.24. The number of carbonyl (C=O) groups excluding carboxylic acids is 2. The molecule has 4 aromatic rings. The Kier molecular flexibility index (Phi) is 8.61. The van der Waals surface area contributed by atoms with E-state index in [0.29, 0.717) is 28.9 Å². The Morgan fingerprint density at radius 2 is 1.43 bits per heavy atom. The van der Waals surface area contributed by atoms with Crippen LogP contribution in [0.15, 0.2) is 83.3 Å². The molecule has 35 heavy (non-hydrogen) atoms. The van der Waals surface area contributed by atoms with Gasteiger partial charge in [0.15, 0.2) is 0 Å². The molecule has 0 amide bonds. The van der Waals surface area contributed by atoms with E-state index in [0.717, 1.165) is 11.3 Å². The Bertz CT molecular complexity index is 1280. The Labute approximate surface area is 202 Å². The number of ether oxygens (including phenoxy) is 3. The summed E-state index contributed by atoms with van der Waals surface area (Å²) in [7, 11) is 0. The van der Waals surface area contributed by atoms with Crippen LogP contribution in [0.3, 0.4) is 0 Å². The van der Waals surface area contributed by atoms with Crippen LogP contribution < -0.4 is 14.2 Å². The number of phenolic OH excluding ortho intramolecular Hbond substituents is 1. The molecule has 4 rings (SSSR count). The third-order valence-electron chi connectivity index (χ3n) is 4.44. The van der Waals surface area contributed by atoms with Crippen molar-refractivity contribution in [1.29, 1.82) is 0 Å². The first-order chi connectivity index (χ1) is 16.8. The van der Waals surface area contributed by atoms with Crippen molar-refractivity contribution in [2.75, 3.05) is 0 Å². The van der Waals surface area contributed by atoms with Crippen molar-refractivity contribution in [3.8, 4) is 34.5 Å². The number of hydrogen-bond donors (Lipinski definition) is 1. The van der Waals surface area contributed by atoms with Gasteiger partial charge in [-0.15, -0.1) is 0 Å². The van der Waals surface area contributed by atoms with Crippen LogP contribution in [-0.4, -0.2) is 22.0 Å². The Balaban J connectivity index is 0.000000261. The molecule has 0 unspecified atom stereocenters. The lowest BCUT2D eigenvalue weighted by atomic mass is 10.2. The third-order valence-corrected chi connectivity index (χ3v) is 4.44. The molecule has 1 N–H and O–H groups in total. The van der Waals surface area contributed by atoms with Crippen molar-refractivity contribution < 1.29 is 33.3 Å². The molecule has 1 aromatic heterocycles. The standard InChI is InChI=1S/C19H17NO4.C8H8O3/c1-13-18(20-19(23-13)15-7-4-3-5-8-15)12-22-16-9-6-10-17(11-16)24-14(2)21;1-6(9)11-8-4-2-3-7(10)5-8/h3-11H,12H2,1-2H3;2-5,10H,1H3. The quantitative estimate of drug-likeness (QED) is 0.289. The first kappa shape index (κ1) is 25.0. The molecular weight excluding hydrogens is 450 g/mol. The van der Waals surface area contributed by atoms with E-state index < -0.39 is 5.97 Å². The van der Waals surface area contributed by atoms with E-state index >= 15 is 0 Å². The SMILES string of the molecule is CC(=O)Oc1cccc(O)c1.CC(=O)Oc1cccc(OCc2nc(-c3ccccc3)oc2C)c1. The lowest BCUT2D eigenvalue weighted by Crippen LogP contribution is -2.02. The third kappa shape index (κ3) is 8.04. The van der Waals surface area contributed by atoms with Crippen LogP contribution >= 0.6 is 0 Å². The number of carbonyl (C=O) groups is 2. The van der Waals surface area contributed by atoms with E-state index in [4.69, 9.17) is 23.7 Å². The number of phenols is 1. The van der Waals surface area contributed by atoms with Crippen LogP contribution in [0.4, 0.5) is 0 Å². The summed E-state index contributed by atoms with van der Waals surface area (Å²) in [4.78, 5) is 25.9. The van der Waals surface area contributed by atoms with E-state index in [2.05, 4.69) is 4.98 Å². The molecule has 0 bridgehead atoms. The summed E-state index contributed by atoms with van der Waals surface area (Å²) in [6.45, 7) is 4.79. The zero-order valence-electron chi connectivity index (χ0n) is 19.6. The van der Waals surface area contributed by atoms with Crippen LogP contribution in [0.5, 0.6) is 23.0 Å². The van der Waals surface area contributed by atoms with Gasteiger partial charge in [0, 0.05) is 31.5 Å². The molecule has 0 aliphatic carbocycles. The van der Waals surface area contributed by atoms with Crippen molar-refractivity contribution in [1.82, 2.24) is 4.98 Å². The molecule has 3 aromatic carbocycles. The van der Waals surface area contributed by atoms with Crippen molar-refractivity contribution >= 4 is 11.9 Å². The minimum Gasteiger partial charge on any atom is -0.508 e. The number of nitrogens with zero attached hydrogens (tertiary/aromatic N) is 1. The fraction of sp³-hybridized carbons (Fsp3) is 0.148. The maximum Gasteiger partial charge on any atom is 0.308 e. The highest BCUT2D eigenvalue weighted by molar-refractivity contribution is 5.69. The molecule has 0 saturated heterocycles. The van der Waals surface area contributed by atoms with Gasteiger partial charge in [-0.1, -0.05) is 30.3 Å². The molecule has 0 radical (unpaired) electrons. The van der Waals surface area contributed by atoms with Crippen LogP contribution in [0.2, 0.25) is 0 Å². The second kappa shape index (κ2) is 12.0. The Morgan fingerprint density at radius 1 is 0.829 bits per heavy atom. The van der Waals surface area contributed by atoms with Gasteiger partial charge < -0.3 is 23.7 Å². The van der Waals surface area contributed by atoms with Gasteiger partial charge in [0.2, 0.25) is 5.89 Å². The highest BCUT2D eigenvalue weighted by Gasteiger charge is 2.12. The van der Waals surface area contributed by atoms with E-state index in [-0.39, 0.29) is 18.3 Å². The monoisotopic (exact) mass is 475 g/mol. The zero-order valence-corrected chi connectivity index (χ0v) is 19.6. The Morgan fingerprint density at radius 3 is 2.06 bits per heavy atom. The summed E-state index contributed by atoms with van der Waals surface area (Å²) < 4.78 is 21.2.